The minimum Gasteiger partial charge on any atom is -0.375 e. The SMILES string of the molecule is CNC(c1cccc(C)c1)C1CC2CCC1O2. The summed E-state index contributed by atoms with van der Waals surface area (Å²) < 4.78 is 5.98. The van der Waals surface area contributed by atoms with Gasteiger partial charge in [0.25, 0.3) is 0 Å². The Balaban J connectivity index is 1.84. The van der Waals surface area contributed by atoms with E-state index in [1.165, 1.54) is 30.4 Å². The lowest BCUT2D eigenvalue weighted by Gasteiger charge is -2.28. The number of aryl methyl sites for hydroxylation is 1. The third kappa shape index (κ3) is 2.00. The van der Waals surface area contributed by atoms with Crippen LogP contribution < -0.4 is 5.32 Å². The van der Waals surface area contributed by atoms with Gasteiger partial charge in [-0.2, -0.15) is 0 Å². The van der Waals surface area contributed by atoms with E-state index in [-0.39, 0.29) is 0 Å². The molecular weight excluding hydrogens is 210 g/mol. The van der Waals surface area contributed by atoms with Gasteiger partial charge in [-0.25, -0.2) is 0 Å². The predicted molar refractivity (Wildman–Crippen MR) is 69.0 cm³/mol. The van der Waals surface area contributed by atoms with Crippen molar-refractivity contribution >= 4 is 0 Å². The third-order valence-corrected chi connectivity index (χ3v) is 4.29. The normalized spacial score (nSPS) is 32.9. The van der Waals surface area contributed by atoms with Crippen LogP contribution in [0.25, 0.3) is 0 Å². The third-order valence-electron chi connectivity index (χ3n) is 4.29. The van der Waals surface area contributed by atoms with Crippen LogP contribution in [0, 0.1) is 12.8 Å². The minimum atomic E-state index is 0.449. The molecule has 0 aromatic heterocycles. The summed E-state index contributed by atoms with van der Waals surface area (Å²) in [4.78, 5) is 0. The number of rotatable bonds is 3. The van der Waals surface area contributed by atoms with Crippen molar-refractivity contribution in [2.75, 3.05) is 7.05 Å². The Morgan fingerprint density at radius 2 is 2.24 bits per heavy atom. The molecule has 17 heavy (non-hydrogen) atoms. The van der Waals surface area contributed by atoms with E-state index in [0.717, 1.165) is 0 Å². The standard InChI is InChI=1S/C15H21NO/c1-10-4-3-5-11(8-10)15(16-2)13-9-12-6-7-14(13)17-12/h3-5,8,12-16H,6-7,9H2,1-2H3. The van der Waals surface area contributed by atoms with Gasteiger partial charge in [0.15, 0.2) is 0 Å². The van der Waals surface area contributed by atoms with Crippen molar-refractivity contribution < 1.29 is 4.74 Å². The van der Waals surface area contributed by atoms with Gasteiger partial charge in [-0.05, 0) is 38.8 Å². The average molecular weight is 231 g/mol. The molecular formula is C15H21NO. The molecule has 1 aromatic carbocycles. The smallest absolute Gasteiger partial charge is 0.0627 e. The van der Waals surface area contributed by atoms with Gasteiger partial charge in [0, 0.05) is 12.0 Å². The van der Waals surface area contributed by atoms with E-state index in [0.29, 0.717) is 24.2 Å². The van der Waals surface area contributed by atoms with E-state index in [2.05, 4.69) is 43.6 Å². The van der Waals surface area contributed by atoms with Crippen molar-refractivity contribution in [1.82, 2.24) is 5.32 Å². The van der Waals surface area contributed by atoms with Gasteiger partial charge in [0.1, 0.15) is 0 Å². The maximum atomic E-state index is 5.98. The molecule has 4 unspecified atom stereocenters. The molecule has 2 heterocycles. The molecule has 3 rings (SSSR count). The number of nitrogens with one attached hydrogen (secondary N) is 1. The quantitative estimate of drug-likeness (QED) is 0.863. The van der Waals surface area contributed by atoms with Crippen LogP contribution in [0.3, 0.4) is 0 Å². The lowest BCUT2D eigenvalue weighted by molar-refractivity contribution is 0.0863. The molecule has 1 aromatic rings. The topological polar surface area (TPSA) is 21.3 Å². The molecule has 0 radical (unpaired) electrons. The van der Waals surface area contributed by atoms with Gasteiger partial charge in [-0.3, -0.25) is 0 Å². The van der Waals surface area contributed by atoms with Crippen LogP contribution in [0.4, 0.5) is 0 Å². The van der Waals surface area contributed by atoms with Crippen LogP contribution in [-0.2, 0) is 4.74 Å². The van der Waals surface area contributed by atoms with Crippen LogP contribution in [0.2, 0.25) is 0 Å². The van der Waals surface area contributed by atoms with Gasteiger partial charge in [-0.1, -0.05) is 29.8 Å². The van der Waals surface area contributed by atoms with E-state index in [1.54, 1.807) is 0 Å². The first kappa shape index (κ1) is 11.2. The highest BCUT2D eigenvalue weighted by atomic mass is 16.5. The van der Waals surface area contributed by atoms with E-state index < -0.39 is 0 Å². The highest BCUT2D eigenvalue weighted by Gasteiger charge is 2.44. The van der Waals surface area contributed by atoms with Gasteiger partial charge < -0.3 is 10.1 Å². The zero-order valence-corrected chi connectivity index (χ0v) is 10.6. The molecule has 2 nitrogen and oxygen atoms in total. The first-order valence-electron chi connectivity index (χ1n) is 6.67. The Morgan fingerprint density at radius 1 is 1.35 bits per heavy atom. The van der Waals surface area contributed by atoms with E-state index in [9.17, 15) is 0 Å². The molecule has 2 aliphatic rings. The second-order valence-electron chi connectivity index (χ2n) is 5.45. The molecule has 1 N–H and O–H groups in total. The molecule has 2 fully saturated rings. The van der Waals surface area contributed by atoms with Gasteiger partial charge in [-0.15, -0.1) is 0 Å². The molecule has 0 amide bonds. The second kappa shape index (κ2) is 4.43. The summed E-state index contributed by atoms with van der Waals surface area (Å²) >= 11 is 0. The van der Waals surface area contributed by atoms with Crippen molar-refractivity contribution in [3.05, 3.63) is 35.4 Å². The summed E-state index contributed by atoms with van der Waals surface area (Å²) in [6, 6.07) is 9.30. The maximum Gasteiger partial charge on any atom is 0.0627 e. The molecule has 4 atom stereocenters. The van der Waals surface area contributed by atoms with Crippen LogP contribution in [-0.4, -0.2) is 19.3 Å². The van der Waals surface area contributed by atoms with Crippen molar-refractivity contribution in [3.8, 4) is 0 Å². The first-order chi connectivity index (χ1) is 8.28. The lowest BCUT2D eigenvalue weighted by atomic mass is 9.81. The largest absolute Gasteiger partial charge is 0.375 e. The van der Waals surface area contributed by atoms with Gasteiger partial charge in [0.05, 0.1) is 12.2 Å². The Kier molecular flexibility index (Phi) is 2.93. The summed E-state index contributed by atoms with van der Waals surface area (Å²) in [5, 5.41) is 3.49. The van der Waals surface area contributed by atoms with Crippen LogP contribution in [0.1, 0.15) is 36.4 Å². The van der Waals surface area contributed by atoms with E-state index in [1.807, 2.05) is 0 Å². The summed E-state index contributed by atoms with van der Waals surface area (Å²) in [7, 11) is 2.07. The summed E-state index contributed by atoms with van der Waals surface area (Å²) in [5.41, 5.74) is 2.75. The monoisotopic (exact) mass is 231 g/mol. The Hall–Kier alpha value is -0.860. The van der Waals surface area contributed by atoms with Crippen LogP contribution in [0.5, 0.6) is 0 Å². The Labute approximate surface area is 103 Å². The molecule has 2 bridgehead atoms. The maximum absolute atomic E-state index is 5.98. The van der Waals surface area contributed by atoms with Crippen LogP contribution >= 0.6 is 0 Å². The van der Waals surface area contributed by atoms with Gasteiger partial charge in [0.2, 0.25) is 0 Å². The Morgan fingerprint density at radius 3 is 2.82 bits per heavy atom. The lowest BCUT2D eigenvalue weighted by Crippen LogP contribution is -2.31. The summed E-state index contributed by atoms with van der Waals surface area (Å²) in [6.07, 6.45) is 4.76. The highest BCUT2D eigenvalue weighted by Crippen LogP contribution is 2.44. The second-order valence-corrected chi connectivity index (χ2v) is 5.45. The zero-order chi connectivity index (χ0) is 11.8. The fourth-order valence-electron chi connectivity index (χ4n) is 3.52. The van der Waals surface area contributed by atoms with Crippen molar-refractivity contribution in [2.45, 2.75) is 44.4 Å². The molecule has 0 spiro atoms. The number of benzene rings is 1. The number of fused-ring (bicyclic) bond motifs is 2. The molecule has 2 heteroatoms. The van der Waals surface area contributed by atoms with Crippen molar-refractivity contribution in [2.24, 2.45) is 5.92 Å². The molecule has 0 saturated carbocycles. The molecule has 0 aliphatic carbocycles. The van der Waals surface area contributed by atoms with Crippen molar-refractivity contribution in [1.29, 1.82) is 0 Å². The molecule has 92 valence electrons. The van der Waals surface area contributed by atoms with Crippen LogP contribution in [0.15, 0.2) is 24.3 Å². The predicted octanol–water partition coefficient (Wildman–Crippen LogP) is 2.82. The summed E-state index contributed by atoms with van der Waals surface area (Å²) in [6.45, 7) is 2.16. The number of hydrogen-bond donors (Lipinski definition) is 1. The average Bonchev–Trinajstić information content (AvgIpc) is 2.92. The number of ether oxygens (including phenoxy) is 1. The zero-order valence-electron chi connectivity index (χ0n) is 10.6. The molecule has 2 saturated heterocycles. The summed E-state index contributed by atoms with van der Waals surface area (Å²) in [5.74, 6) is 0.653. The minimum absolute atomic E-state index is 0.449. The molecule has 2 aliphatic heterocycles. The van der Waals surface area contributed by atoms with E-state index in [4.69, 9.17) is 4.74 Å². The highest BCUT2D eigenvalue weighted by molar-refractivity contribution is 5.26. The van der Waals surface area contributed by atoms with E-state index >= 15 is 0 Å². The van der Waals surface area contributed by atoms with Gasteiger partial charge >= 0.3 is 0 Å². The fourth-order valence-corrected chi connectivity index (χ4v) is 3.52. The first-order valence-corrected chi connectivity index (χ1v) is 6.67. The Bertz CT molecular complexity index is 404. The fraction of sp³-hybridized carbons (Fsp3) is 0.600. The number of hydrogen-bond acceptors (Lipinski definition) is 2. The van der Waals surface area contributed by atoms with Crippen molar-refractivity contribution in [3.63, 3.8) is 0 Å².